The summed E-state index contributed by atoms with van der Waals surface area (Å²) in [6.45, 7) is 4.98. The highest BCUT2D eigenvalue weighted by atomic mass is 79.9. The molecular weight excluding hydrogens is 304 g/mol. The summed E-state index contributed by atoms with van der Waals surface area (Å²) in [5, 5.41) is 3.37. The minimum atomic E-state index is 0.430. The maximum atomic E-state index is 5.91. The van der Waals surface area contributed by atoms with Crippen LogP contribution in [-0.4, -0.2) is 11.0 Å². The van der Waals surface area contributed by atoms with E-state index in [2.05, 4.69) is 40.1 Å². The van der Waals surface area contributed by atoms with Crippen molar-refractivity contribution in [3.8, 4) is 11.5 Å². The van der Waals surface area contributed by atoms with E-state index in [4.69, 9.17) is 4.74 Å². The first kappa shape index (κ1) is 14.0. The molecular formula is C15H17BrN2O. The molecule has 0 saturated heterocycles. The van der Waals surface area contributed by atoms with Crippen molar-refractivity contribution in [1.82, 2.24) is 10.3 Å². The van der Waals surface area contributed by atoms with Crippen molar-refractivity contribution in [1.29, 1.82) is 0 Å². The lowest BCUT2D eigenvalue weighted by Gasteiger charge is -2.13. The number of nitrogens with one attached hydrogen (secondary N) is 1. The average Bonchev–Trinajstić information content (AvgIpc) is 2.38. The molecule has 0 aliphatic heterocycles. The third kappa shape index (κ3) is 4.33. The molecule has 4 heteroatoms. The van der Waals surface area contributed by atoms with Gasteiger partial charge in [0, 0.05) is 35.0 Å². The van der Waals surface area contributed by atoms with E-state index >= 15 is 0 Å². The molecule has 100 valence electrons. The molecule has 0 saturated carbocycles. The monoisotopic (exact) mass is 320 g/mol. The zero-order valence-corrected chi connectivity index (χ0v) is 12.6. The quantitative estimate of drug-likeness (QED) is 0.899. The third-order valence-corrected chi connectivity index (χ3v) is 3.08. The van der Waals surface area contributed by atoms with E-state index in [-0.39, 0.29) is 0 Å². The summed E-state index contributed by atoms with van der Waals surface area (Å²) in [4.78, 5) is 4.15. The van der Waals surface area contributed by atoms with Crippen LogP contribution in [-0.2, 0) is 6.54 Å². The first-order valence-electron chi connectivity index (χ1n) is 6.25. The van der Waals surface area contributed by atoms with E-state index in [1.54, 1.807) is 6.20 Å². The van der Waals surface area contributed by atoms with E-state index in [0.717, 1.165) is 28.1 Å². The standard InChI is InChI=1S/C15H17BrN2O/c1-11(2)18-10-12-9-17-7-6-15(12)19-14-5-3-4-13(16)8-14/h3-9,11,18H,10H2,1-2H3. The maximum absolute atomic E-state index is 5.91. The SMILES string of the molecule is CC(C)NCc1cnccc1Oc1cccc(Br)c1. The van der Waals surface area contributed by atoms with Crippen LogP contribution >= 0.6 is 15.9 Å². The molecule has 0 aliphatic carbocycles. The summed E-state index contributed by atoms with van der Waals surface area (Å²) in [5.74, 6) is 1.65. The molecule has 0 radical (unpaired) electrons. The molecule has 2 aromatic rings. The summed E-state index contributed by atoms with van der Waals surface area (Å²) in [6, 6.07) is 10.1. The lowest BCUT2D eigenvalue weighted by Crippen LogP contribution is -2.22. The second kappa shape index (κ2) is 6.68. The number of hydrogen-bond acceptors (Lipinski definition) is 3. The van der Waals surface area contributed by atoms with Gasteiger partial charge in [0.2, 0.25) is 0 Å². The Kier molecular flexibility index (Phi) is 4.93. The number of halogens is 1. The predicted octanol–water partition coefficient (Wildman–Crippen LogP) is 4.13. The Labute approximate surface area is 122 Å². The summed E-state index contributed by atoms with van der Waals surface area (Å²) in [5.41, 5.74) is 1.05. The topological polar surface area (TPSA) is 34.2 Å². The molecule has 2 rings (SSSR count). The second-order valence-corrected chi connectivity index (χ2v) is 5.49. The molecule has 0 unspecified atom stereocenters. The molecule has 0 bridgehead atoms. The third-order valence-electron chi connectivity index (χ3n) is 2.58. The Morgan fingerprint density at radius 2 is 2.16 bits per heavy atom. The zero-order chi connectivity index (χ0) is 13.7. The Balaban J connectivity index is 2.15. The second-order valence-electron chi connectivity index (χ2n) is 4.58. The van der Waals surface area contributed by atoms with Gasteiger partial charge in [-0.25, -0.2) is 0 Å². The van der Waals surface area contributed by atoms with Crippen LogP contribution < -0.4 is 10.1 Å². The van der Waals surface area contributed by atoms with Gasteiger partial charge in [-0.05, 0) is 24.3 Å². The Bertz CT molecular complexity index is 543. The normalized spacial score (nSPS) is 10.7. The van der Waals surface area contributed by atoms with Gasteiger partial charge in [0.15, 0.2) is 0 Å². The van der Waals surface area contributed by atoms with Crippen molar-refractivity contribution in [2.75, 3.05) is 0 Å². The highest BCUT2D eigenvalue weighted by Gasteiger charge is 2.06. The van der Waals surface area contributed by atoms with Crippen molar-refractivity contribution in [2.45, 2.75) is 26.4 Å². The number of nitrogens with zero attached hydrogens (tertiary/aromatic N) is 1. The van der Waals surface area contributed by atoms with E-state index in [9.17, 15) is 0 Å². The lowest BCUT2D eigenvalue weighted by atomic mass is 10.2. The van der Waals surface area contributed by atoms with Gasteiger partial charge < -0.3 is 10.1 Å². The average molecular weight is 321 g/mol. The van der Waals surface area contributed by atoms with E-state index < -0.39 is 0 Å². The Morgan fingerprint density at radius 1 is 1.32 bits per heavy atom. The van der Waals surface area contributed by atoms with Crippen molar-refractivity contribution >= 4 is 15.9 Å². The van der Waals surface area contributed by atoms with Crippen molar-refractivity contribution in [2.24, 2.45) is 0 Å². The van der Waals surface area contributed by atoms with Crippen LogP contribution in [0.1, 0.15) is 19.4 Å². The molecule has 0 amide bonds. The van der Waals surface area contributed by atoms with Gasteiger partial charge in [-0.1, -0.05) is 35.8 Å². The first-order chi connectivity index (χ1) is 9.15. The molecule has 1 aromatic heterocycles. The van der Waals surface area contributed by atoms with E-state index in [0.29, 0.717) is 6.04 Å². The molecule has 0 spiro atoms. The summed E-state index contributed by atoms with van der Waals surface area (Å²) in [7, 11) is 0. The lowest BCUT2D eigenvalue weighted by molar-refractivity contribution is 0.468. The minimum absolute atomic E-state index is 0.430. The molecule has 19 heavy (non-hydrogen) atoms. The van der Waals surface area contributed by atoms with Crippen molar-refractivity contribution in [3.05, 3.63) is 52.8 Å². The van der Waals surface area contributed by atoms with Crippen molar-refractivity contribution < 1.29 is 4.74 Å². The summed E-state index contributed by atoms with van der Waals surface area (Å²) in [6.07, 6.45) is 3.58. The van der Waals surface area contributed by atoms with Crippen LogP contribution in [0.2, 0.25) is 0 Å². The fraction of sp³-hybridized carbons (Fsp3) is 0.267. The van der Waals surface area contributed by atoms with E-state index in [1.165, 1.54) is 0 Å². The van der Waals surface area contributed by atoms with Crippen LogP contribution in [0.25, 0.3) is 0 Å². The maximum Gasteiger partial charge on any atom is 0.134 e. The van der Waals surface area contributed by atoms with Gasteiger partial charge in [0.25, 0.3) is 0 Å². The molecule has 1 N–H and O–H groups in total. The van der Waals surface area contributed by atoms with Gasteiger partial charge in [-0.3, -0.25) is 4.98 Å². The highest BCUT2D eigenvalue weighted by Crippen LogP contribution is 2.26. The number of benzene rings is 1. The van der Waals surface area contributed by atoms with Crippen LogP contribution in [0.4, 0.5) is 0 Å². The van der Waals surface area contributed by atoms with Gasteiger partial charge in [-0.15, -0.1) is 0 Å². The van der Waals surface area contributed by atoms with E-state index in [1.807, 2.05) is 36.5 Å². The summed E-state index contributed by atoms with van der Waals surface area (Å²) >= 11 is 3.44. The van der Waals surface area contributed by atoms with Gasteiger partial charge >= 0.3 is 0 Å². The van der Waals surface area contributed by atoms with Crippen LogP contribution in [0.3, 0.4) is 0 Å². The zero-order valence-electron chi connectivity index (χ0n) is 11.1. The number of pyridine rings is 1. The van der Waals surface area contributed by atoms with Gasteiger partial charge in [-0.2, -0.15) is 0 Å². The molecule has 1 aromatic carbocycles. The van der Waals surface area contributed by atoms with Crippen molar-refractivity contribution in [3.63, 3.8) is 0 Å². The predicted molar refractivity (Wildman–Crippen MR) is 80.4 cm³/mol. The number of aromatic nitrogens is 1. The van der Waals surface area contributed by atoms with Gasteiger partial charge in [0.05, 0.1) is 0 Å². The number of rotatable bonds is 5. The molecule has 3 nitrogen and oxygen atoms in total. The van der Waals surface area contributed by atoms with Crippen LogP contribution in [0.5, 0.6) is 11.5 Å². The molecule has 0 atom stereocenters. The number of ether oxygens (including phenoxy) is 1. The summed E-state index contributed by atoms with van der Waals surface area (Å²) < 4.78 is 6.91. The molecule has 0 fully saturated rings. The van der Waals surface area contributed by atoms with Gasteiger partial charge in [0.1, 0.15) is 11.5 Å². The number of hydrogen-bond donors (Lipinski definition) is 1. The van der Waals surface area contributed by atoms with Crippen LogP contribution in [0.15, 0.2) is 47.2 Å². The molecule has 0 aliphatic rings. The Morgan fingerprint density at radius 3 is 2.89 bits per heavy atom. The Hall–Kier alpha value is -1.39. The first-order valence-corrected chi connectivity index (χ1v) is 7.04. The van der Waals surface area contributed by atoms with Crippen LogP contribution in [0, 0.1) is 0 Å². The fourth-order valence-corrected chi connectivity index (χ4v) is 2.00. The fourth-order valence-electron chi connectivity index (χ4n) is 1.62. The highest BCUT2D eigenvalue weighted by molar-refractivity contribution is 9.10. The minimum Gasteiger partial charge on any atom is -0.457 e. The smallest absolute Gasteiger partial charge is 0.134 e. The molecule has 1 heterocycles. The largest absolute Gasteiger partial charge is 0.457 e.